The average molecular weight is 338 g/mol. The van der Waals surface area contributed by atoms with Crippen LogP contribution >= 0.6 is 0 Å². The van der Waals surface area contributed by atoms with Gasteiger partial charge in [0.25, 0.3) is 0 Å². The average Bonchev–Trinajstić information content (AvgIpc) is 3.04. The fourth-order valence-electron chi connectivity index (χ4n) is 4.36. The monoisotopic (exact) mass is 338 g/mol. The van der Waals surface area contributed by atoms with E-state index in [9.17, 15) is 4.79 Å². The molecule has 1 atom stereocenters. The quantitative estimate of drug-likeness (QED) is 0.570. The Morgan fingerprint density at radius 1 is 0.692 bits per heavy atom. The molecule has 4 rings (SSSR count). The van der Waals surface area contributed by atoms with E-state index in [-0.39, 0.29) is 11.7 Å². The van der Waals surface area contributed by atoms with Crippen molar-refractivity contribution >= 4 is 5.78 Å². The van der Waals surface area contributed by atoms with Gasteiger partial charge in [0.15, 0.2) is 5.78 Å². The minimum atomic E-state index is -0.491. The van der Waals surface area contributed by atoms with Gasteiger partial charge < -0.3 is 0 Å². The summed E-state index contributed by atoms with van der Waals surface area (Å²) >= 11 is 0. The van der Waals surface area contributed by atoms with Gasteiger partial charge in [-0.15, -0.1) is 0 Å². The van der Waals surface area contributed by atoms with E-state index in [2.05, 4.69) is 78.9 Å². The van der Waals surface area contributed by atoms with Gasteiger partial charge in [-0.2, -0.15) is 0 Å². The van der Waals surface area contributed by atoms with Gasteiger partial charge in [0, 0.05) is 5.92 Å². The third kappa shape index (κ3) is 2.52. The number of allylic oxidation sites excluding steroid dienone is 2. The Balaban J connectivity index is 2.06. The van der Waals surface area contributed by atoms with Gasteiger partial charge in [-0.1, -0.05) is 97.1 Å². The minimum Gasteiger partial charge on any atom is -0.294 e. The molecular formula is C25H22O. The molecular weight excluding hydrogens is 316 g/mol. The highest BCUT2D eigenvalue weighted by atomic mass is 16.1. The van der Waals surface area contributed by atoms with Crippen LogP contribution in [-0.2, 0) is 10.2 Å². The van der Waals surface area contributed by atoms with Crippen molar-refractivity contribution in [3.05, 3.63) is 119 Å². The van der Waals surface area contributed by atoms with E-state index in [1.807, 2.05) is 25.1 Å². The molecule has 0 saturated carbocycles. The van der Waals surface area contributed by atoms with Gasteiger partial charge >= 0.3 is 0 Å². The van der Waals surface area contributed by atoms with Crippen LogP contribution in [0.1, 0.15) is 30.0 Å². The summed E-state index contributed by atoms with van der Waals surface area (Å²) in [6.45, 7) is 1.94. The first-order valence-corrected chi connectivity index (χ1v) is 9.12. The van der Waals surface area contributed by atoms with Crippen molar-refractivity contribution in [1.29, 1.82) is 0 Å². The van der Waals surface area contributed by atoms with Crippen molar-refractivity contribution in [2.45, 2.75) is 18.8 Å². The number of ketones is 1. The minimum absolute atomic E-state index is 0.130. The number of hydrogen-bond acceptors (Lipinski definition) is 1. The lowest BCUT2D eigenvalue weighted by Crippen LogP contribution is -2.40. The molecule has 0 N–H and O–H groups in total. The van der Waals surface area contributed by atoms with Crippen LogP contribution in [0.4, 0.5) is 0 Å². The second-order valence-electron chi connectivity index (χ2n) is 6.95. The van der Waals surface area contributed by atoms with Crippen molar-refractivity contribution in [3.63, 3.8) is 0 Å². The lowest BCUT2D eigenvalue weighted by atomic mass is 9.60. The molecule has 1 nitrogen and oxygen atoms in total. The molecule has 0 saturated heterocycles. The summed E-state index contributed by atoms with van der Waals surface area (Å²) in [5.74, 6) is 0.122. The van der Waals surface area contributed by atoms with Crippen LogP contribution in [0.15, 0.2) is 103 Å². The molecule has 1 aliphatic rings. The number of Topliss-reactive ketones (excluding diaryl/α,β-unsaturated/α-hetero) is 1. The molecule has 26 heavy (non-hydrogen) atoms. The van der Waals surface area contributed by atoms with Crippen LogP contribution in [0.25, 0.3) is 0 Å². The molecule has 0 radical (unpaired) electrons. The first kappa shape index (κ1) is 16.5. The van der Waals surface area contributed by atoms with Crippen LogP contribution in [0.3, 0.4) is 0 Å². The third-order valence-corrected chi connectivity index (χ3v) is 5.57. The molecule has 128 valence electrons. The zero-order chi connectivity index (χ0) is 18.0. The van der Waals surface area contributed by atoms with E-state index >= 15 is 0 Å². The van der Waals surface area contributed by atoms with Gasteiger partial charge in [0.1, 0.15) is 0 Å². The number of benzene rings is 3. The molecule has 0 heterocycles. The Labute approximate surface area is 155 Å². The van der Waals surface area contributed by atoms with Crippen LogP contribution < -0.4 is 0 Å². The molecule has 0 spiro atoms. The molecule has 3 aromatic rings. The van der Waals surface area contributed by atoms with Gasteiger partial charge in [-0.3, -0.25) is 4.79 Å². The zero-order valence-corrected chi connectivity index (χ0v) is 14.9. The molecule has 0 aromatic heterocycles. The summed E-state index contributed by atoms with van der Waals surface area (Å²) < 4.78 is 0. The standard InChI is InChI=1S/C25H22O/c1-19-17-18-23(24(19)26)25(20-11-5-2-6-12-20,21-13-7-3-8-14-21)22-15-9-4-10-16-22/h2-17,23H,18H2,1H3. The van der Waals surface area contributed by atoms with Gasteiger partial charge in [0.05, 0.1) is 5.41 Å². The molecule has 0 aliphatic heterocycles. The molecule has 3 aromatic carbocycles. The first-order chi connectivity index (χ1) is 12.7. The van der Waals surface area contributed by atoms with Crippen molar-refractivity contribution in [1.82, 2.24) is 0 Å². The Morgan fingerprint density at radius 2 is 1.08 bits per heavy atom. The Hall–Kier alpha value is -2.93. The highest BCUT2D eigenvalue weighted by molar-refractivity contribution is 6.01. The first-order valence-electron chi connectivity index (χ1n) is 9.12. The van der Waals surface area contributed by atoms with Crippen LogP contribution in [0, 0.1) is 5.92 Å². The van der Waals surface area contributed by atoms with Crippen LogP contribution in [0.5, 0.6) is 0 Å². The van der Waals surface area contributed by atoms with E-state index in [4.69, 9.17) is 0 Å². The summed E-state index contributed by atoms with van der Waals surface area (Å²) in [6, 6.07) is 31.4. The number of rotatable bonds is 4. The van der Waals surface area contributed by atoms with E-state index in [0.717, 1.165) is 12.0 Å². The molecule has 1 heteroatoms. The predicted octanol–water partition coefficient (Wildman–Crippen LogP) is 5.56. The third-order valence-electron chi connectivity index (χ3n) is 5.57. The summed E-state index contributed by atoms with van der Waals surface area (Å²) in [7, 11) is 0. The van der Waals surface area contributed by atoms with E-state index in [0.29, 0.717) is 0 Å². The lowest BCUT2D eigenvalue weighted by Gasteiger charge is -2.40. The smallest absolute Gasteiger partial charge is 0.163 e. The molecule has 0 bridgehead atoms. The number of carbonyl (C=O) groups excluding carboxylic acids is 1. The number of hydrogen-bond donors (Lipinski definition) is 0. The van der Waals surface area contributed by atoms with Gasteiger partial charge in [-0.05, 0) is 35.6 Å². The summed E-state index contributed by atoms with van der Waals surface area (Å²) in [4.78, 5) is 13.2. The predicted molar refractivity (Wildman–Crippen MR) is 106 cm³/mol. The second-order valence-corrected chi connectivity index (χ2v) is 6.95. The van der Waals surface area contributed by atoms with Crippen LogP contribution in [-0.4, -0.2) is 5.78 Å². The SMILES string of the molecule is CC1=CCC(C(c2ccccc2)(c2ccccc2)c2ccccc2)C1=O. The summed E-state index contributed by atoms with van der Waals surface area (Å²) in [5, 5.41) is 0. The molecule has 1 aliphatic carbocycles. The van der Waals surface area contributed by atoms with Crippen molar-refractivity contribution in [2.24, 2.45) is 5.92 Å². The van der Waals surface area contributed by atoms with Crippen molar-refractivity contribution < 1.29 is 4.79 Å². The maximum Gasteiger partial charge on any atom is 0.163 e. The Kier molecular flexibility index (Phi) is 4.30. The topological polar surface area (TPSA) is 17.1 Å². The fourth-order valence-corrected chi connectivity index (χ4v) is 4.36. The van der Waals surface area contributed by atoms with Crippen molar-refractivity contribution in [2.75, 3.05) is 0 Å². The summed E-state index contributed by atoms with van der Waals surface area (Å²) in [5.41, 5.74) is 3.88. The van der Waals surface area contributed by atoms with E-state index in [1.54, 1.807) is 0 Å². The highest BCUT2D eigenvalue weighted by Crippen LogP contribution is 2.49. The van der Waals surface area contributed by atoms with Gasteiger partial charge in [0.2, 0.25) is 0 Å². The highest BCUT2D eigenvalue weighted by Gasteiger charge is 2.48. The van der Waals surface area contributed by atoms with E-state index < -0.39 is 5.41 Å². The van der Waals surface area contributed by atoms with Crippen LogP contribution in [0.2, 0.25) is 0 Å². The Morgan fingerprint density at radius 3 is 1.38 bits per heavy atom. The van der Waals surface area contributed by atoms with Gasteiger partial charge in [-0.25, -0.2) is 0 Å². The van der Waals surface area contributed by atoms with E-state index in [1.165, 1.54) is 16.7 Å². The number of carbonyl (C=O) groups is 1. The molecule has 0 fully saturated rings. The maximum atomic E-state index is 13.2. The van der Waals surface area contributed by atoms with Crippen molar-refractivity contribution in [3.8, 4) is 0 Å². The molecule has 0 amide bonds. The normalized spacial score (nSPS) is 17.2. The largest absolute Gasteiger partial charge is 0.294 e. The Bertz CT molecular complexity index is 827. The summed E-state index contributed by atoms with van der Waals surface area (Å²) in [6.07, 6.45) is 2.86. The lowest BCUT2D eigenvalue weighted by molar-refractivity contribution is -0.119. The second kappa shape index (κ2) is 6.76. The molecule has 1 unspecified atom stereocenters. The fraction of sp³-hybridized carbons (Fsp3) is 0.160. The maximum absolute atomic E-state index is 13.2. The zero-order valence-electron chi connectivity index (χ0n) is 14.9.